The molecule has 0 atom stereocenters. The average Bonchev–Trinajstić information content (AvgIpc) is 1.86. The molecule has 0 amide bonds. The maximum atomic E-state index is 7.20. The zero-order valence-corrected chi connectivity index (χ0v) is 7.87. The van der Waals surface area contributed by atoms with Crippen molar-refractivity contribution in [2.24, 2.45) is 4.99 Å². The van der Waals surface area contributed by atoms with Gasteiger partial charge >= 0.3 is 0 Å². The van der Waals surface area contributed by atoms with Crippen LogP contribution in [0, 0.1) is 5.41 Å². The first kappa shape index (κ1) is 10.4. The molecule has 0 aromatic rings. The normalized spacial score (nSPS) is 13.5. The maximum absolute atomic E-state index is 7.20. The van der Waals surface area contributed by atoms with Crippen molar-refractivity contribution < 1.29 is 0 Å². The molecule has 0 bridgehead atoms. The predicted molar refractivity (Wildman–Crippen MR) is 51.0 cm³/mol. The minimum Gasteiger partial charge on any atom is -0.304 e. The van der Waals surface area contributed by atoms with Crippen LogP contribution in [-0.4, -0.2) is 18.0 Å². The van der Waals surface area contributed by atoms with E-state index in [1.165, 1.54) is 0 Å². The second kappa shape index (κ2) is 5.08. The number of allylic oxidation sites excluding steroid dienone is 1. The Kier molecular flexibility index (Phi) is 4.79. The molecule has 0 unspecified atom stereocenters. The standard InChI is InChI=1S/C8H13ClN2/c1-6(9)4-5-11-8(3)7(2)10/h4,10H,5H2,1-3H3/b6-4+,10-7?,11-8-. The lowest BCUT2D eigenvalue weighted by Crippen LogP contribution is -2.03. The minimum atomic E-state index is 0.505. The van der Waals surface area contributed by atoms with Gasteiger partial charge in [0.05, 0.1) is 12.3 Å². The van der Waals surface area contributed by atoms with E-state index in [1.807, 2.05) is 19.9 Å². The van der Waals surface area contributed by atoms with Crippen LogP contribution in [-0.2, 0) is 0 Å². The van der Waals surface area contributed by atoms with Gasteiger partial charge in [-0.2, -0.15) is 0 Å². The van der Waals surface area contributed by atoms with Gasteiger partial charge in [-0.1, -0.05) is 11.6 Å². The van der Waals surface area contributed by atoms with E-state index in [-0.39, 0.29) is 0 Å². The first-order valence-corrected chi connectivity index (χ1v) is 3.80. The highest BCUT2D eigenvalue weighted by atomic mass is 35.5. The molecular formula is C8H13ClN2. The van der Waals surface area contributed by atoms with Crippen LogP contribution in [0.1, 0.15) is 20.8 Å². The number of hydrogen-bond acceptors (Lipinski definition) is 2. The fraction of sp³-hybridized carbons (Fsp3) is 0.500. The van der Waals surface area contributed by atoms with Crippen LogP contribution in [0.3, 0.4) is 0 Å². The molecule has 0 heterocycles. The van der Waals surface area contributed by atoms with E-state index in [1.54, 1.807) is 6.92 Å². The molecule has 0 fully saturated rings. The summed E-state index contributed by atoms with van der Waals surface area (Å²) in [6.45, 7) is 5.91. The molecule has 62 valence electrons. The van der Waals surface area contributed by atoms with Gasteiger partial charge in [-0.05, 0) is 26.8 Å². The van der Waals surface area contributed by atoms with Crippen molar-refractivity contribution in [2.45, 2.75) is 20.8 Å². The lowest BCUT2D eigenvalue weighted by atomic mass is 10.3. The minimum absolute atomic E-state index is 0.505. The summed E-state index contributed by atoms with van der Waals surface area (Å²) in [5.41, 5.74) is 1.27. The summed E-state index contributed by atoms with van der Waals surface area (Å²) in [4.78, 5) is 4.10. The van der Waals surface area contributed by atoms with Gasteiger partial charge in [0.15, 0.2) is 0 Å². The van der Waals surface area contributed by atoms with Crippen molar-refractivity contribution in [3.05, 3.63) is 11.1 Å². The Morgan fingerprint density at radius 3 is 2.36 bits per heavy atom. The number of aliphatic imine (C=N–C) groups is 1. The summed E-state index contributed by atoms with van der Waals surface area (Å²) in [6.07, 6.45) is 1.81. The molecule has 0 spiro atoms. The molecule has 0 aromatic carbocycles. The summed E-state index contributed by atoms with van der Waals surface area (Å²) in [5, 5.41) is 7.94. The maximum Gasteiger partial charge on any atom is 0.0588 e. The monoisotopic (exact) mass is 172 g/mol. The molecule has 0 rings (SSSR count). The fourth-order valence-electron chi connectivity index (χ4n) is 0.427. The van der Waals surface area contributed by atoms with E-state index in [0.29, 0.717) is 12.3 Å². The Bertz CT molecular complexity index is 200. The molecule has 0 aromatic heterocycles. The van der Waals surface area contributed by atoms with Crippen molar-refractivity contribution in [1.29, 1.82) is 5.41 Å². The molecule has 2 nitrogen and oxygen atoms in total. The van der Waals surface area contributed by atoms with E-state index < -0.39 is 0 Å². The van der Waals surface area contributed by atoms with Gasteiger partial charge < -0.3 is 5.41 Å². The number of nitrogens with one attached hydrogen (secondary N) is 1. The molecular weight excluding hydrogens is 160 g/mol. The van der Waals surface area contributed by atoms with Crippen LogP contribution in [0.5, 0.6) is 0 Å². The van der Waals surface area contributed by atoms with Gasteiger partial charge in [0, 0.05) is 10.7 Å². The molecule has 0 aliphatic rings. The van der Waals surface area contributed by atoms with Crippen LogP contribution >= 0.6 is 11.6 Å². The number of hydrogen-bond donors (Lipinski definition) is 1. The van der Waals surface area contributed by atoms with Crippen molar-refractivity contribution >= 4 is 23.0 Å². The third kappa shape index (κ3) is 5.80. The van der Waals surface area contributed by atoms with Crippen LogP contribution < -0.4 is 0 Å². The first-order chi connectivity index (χ1) is 5.04. The number of halogens is 1. The molecule has 3 heteroatoms. The number of rotatable bonds is 3. The largest absolute Gasteiger partial charge is 0.304 e. The summed E-state index contributed by atoms with van der Waals surface area (Å²) >= 11 is 5.58. The lowest BCUT2D eigenvalue weighted by molar-refractivity contribution is 1.23. The van der Waals surface area contributed by atoms with Crippen LogP contribution in [0.15, 0.2) is 16.1 Å². The summed E-state index contributed by atoms with van der Waals surface area (Å²) in [7, 11) is 0. The quantitative estimate of drug-likeness (QED) is 0.636. The molecule has 0 saturated heterocycles. The van der Waals surface area contributed by atoms with E-state index >= 15 is 0 Å². The molecule has 0 aliphatic carbocycles. The van der Waals surface area contributed by atoms with E-state index in [4.69, 9.17) is 17.0 Å². The smallest absolute Gasteiger partial charge is 0.0588 e. The molecule has 11 heavy (non-hydrogen) atoms. The van der Waals surface area contributed by atoms with Gasteiger partial charge in [0.1, 0.15) is 0 Å². The topological polar surface area (TPSA) is 36.2 Å². The Morgan fingerprint density at radius 2 is 2.00 bits per heavy atom. The van der Waals surface area contributed by atoms with E-state index in [2.05, 4.69) is 4.99 Å². The van der Waals surface area contributed by atoms with E-state index in [0.717, 1.165) is 10.7 Å². The van der Waals surface area contributed by atoms with Gasteiger partial charge in [0.2, 0.25) is 0 Å². The van der Waals surface area contributed by atoms with Gasteiger partial charge in [0.25, 0.3) is 0 Å². The Labute approximate surface area is 72.5 Å². The van der Waals surface area contributed by atoms with Crippen molar-refractivity contribution in [1.82, 2.24) is 0 Å². The summed E-state index contributed by atoms with van der Waals surface area (Å²) in [5.74, 6) is 0. The zero-order valence-electron chi connectivity index (χ0n) is 7.11. The average molecular weight is 173 g/mol. The molecule has 1 N–H and O–H groups in total. The molecule has 0 saturated carbocycles. The fourth-order valence-corrected chi connectivity index (χ4v) is 0.496. The molecule has 0 radical (unpaired) electrons. The van der Waals surface area contributed by atoms with Gasteiger partial charge in [-0.15, -0.1) is 0 Å². The molecule has 0 aliphatic heterocycles. The van der Waals surface area contributed by atoms with Gasteiger partial charge in [-0.3, -0.25) is 4.99 Å². The second-order valence-electron chi connectivity index (χ2n) is 2.34. The van der Waals surface area contributed by atoms with Crippen LogP contribution in [0.25, 0.3) is 0 Å². The third-order valence-electron chi connectivity index (χ3n) is 1.24. The highest BCUT2D eigenvalue weighted by Gasteiger charge is 1.90. The Hall–Kier alpha value is -0.630. The SMILES string of the molecule is CC(=N)/C(C)=N\C/C=C(\C)Cl. The summed E-state index contributed by atoms with van der Waals surface area (Å²) < 4.78 is 0. The zero-order chi connectivity index (χ0) is 8.85. The van der Waals surface area contributed by atoms with Crippen molar-refractivity contribution in [3.8, 4) is 0 Å². The van der Waals surface area contributed by atoms with Crippen LogP contribution in [0.4, 0.5) is 0 Å². The third-order valence-corrected chi connectivity index (χ3v) is 1.40. The Balaban J connectivity index is 3.94. The Morgan fingerprint density at radius 1 is 1.45 bits per heavy atom. The van der Waals surface area contributed by atoms with Crippen molar-refractivity contribution in [2.75, 3.05) is 6.54 Å². The highest BCUT2D eigenvalue weighted by Crippen LogP contribution is 1.96. The summed E-state index contributed by atoms with van der Waals surface area (Å²) in [6, 6.07) is 0. The van der Waals surface area contributed by atoms with Crippen LogP contribution in [0.2, 0.25) is 0 Å². The van der Waals surface area contributed by atoms with E-state index in [9.17, 15) is 0 Å². The van der Waals surface area contributed by atoms with Crippen molar-refractivity contribution in [3.63, 3.8) is 0 Å². The predicted octanol–water partition coefficient (Wildman–Crippen LogP) is 2.63. The second-order valence-corrected chi connectivity index (χ2v) is 2.94. The highest BCUT2D eigenvalue weighted by molar-refractivity contribution is 6.39. The number of nitrogens with zero attached hydrogens (tertiary/aromatic N) is 1. The van der Waals surface area contributed by atoms with Gasteiger partial charge in [-0.25, -0.2) is 0 Å². The first-order valence-electron chi connectivity index (χ1n) is 3.43. The lowest BCUT2D eigenvalue weighted by Gasteiger charge is -1.93.